The van der Waals surface area contributed by atoms with Crippen molar-refractivity contribution in [3.8, 4) is 0 Å². The lowest BCUT2D eigenvalue weighted by Gasteiger charge is -2.47. The zero-order chi connectivity index (χ0) is 14.5. The first-order valence-electron chi connectivity index (χ1n) is 7.72. The van der Waals surface area contributed by atoms with Crippen LogP contribution < -0.4 is 5.32 Å². The third-order valence-electron chi connectivity index (χ3n) is 5.52. The molecule has 0 aromatic carbocycles. The molecule has 0 aromatic heterocycles. The van der Waals surface area contributed by atoms with E-state index in [1.54, 1.807) is 0 Å². The summed E-state index contributed by atoms with van der Waals surface area (Å²) < 4.78 is 11.5. The van der Waals surface area contributed by atoms with Crippen LogP contribution in [0.25, 0.3) is 0 Å². The number of rotatable bonds is 2. The molecule has 2 heterocycles. The van der Waals surface area contributed by atoms with Crippen LogP contribution in [-0.2, 0) is 9.47 Å². The predicted molar refractivity (Wildman–Crippen MR) is 84.5 cm³/mol. The molecule has 1 saturated carbocycles. The summed E-state index contributed by atoms with van der Waals surface area (Å²) in [5.74, 6) is 1.12. The van der Waals surface area contributed by atoms with Gasteiger partial charge in [-0.3, -0.25) is 0 Å². The van der Waals surface area contributed by atoms with Crippen LogP contribution in [-0.4, -0.2) is 41.3 Å². The Morgan fingerprint density at radius 2 is 2.05 bits per heavy atom. The number of nitrogens with one attached hydrogen (secondary N) is 1. The van der Waals surface area contributed by atoms with E-state index in [0.29, 0.717) is 36.1 Å². The lowest BCUT2D eigenvalue weighted by atomic mass is 9.70. The number of alkyl halides is 2. The lowest BCUT2D eigenvalue weighted by molar-refractivity contribution is -0.0748. The summed E-state index contributed by atoms with van der Waals surface area (Å²) in [4.78, 5) is 0. The molecule has 3 aliphatic rings. The van der Waals surface area contributed by atoms with E-state index >= 15 is 0 Å². The first-order chi connectivity index (χ1) is 9.40. The van der Waals surface area contributed by atoms with E-state index in [0.717, 1.165) is 19.3 Å². The van der Waals surface area contributed by atoms with Crippen molar-refractivity contribution in [2.45, 2.75) is 73.7 Å². The fourth-order valence-electron chi connectivity index (χ4n) is 4.37. The van der Waals surface area contributed by atoms with Crippen LogP contribution in [0, 0.1) is 11.8 Å². The van der Waals surface area contributed by atoms with Crippen LogP contribution in [0.3, 0.4) is 0 Å². The lowest BCUT2D eigenvalue weighted by Crippen LogP contribution is -2.59. The summed E-state index contributed by atoms with van der Waals surface area (Å²) >= 11 is 10.00. The van der Waals surface area contributed by atoms with Gasteiger partial charge in [-0.15, -0.1) is 11.6 Å². The Hall–Kier alpha value is 0.650. The minimum Gasteiger partial charge on any atom is -0.381 e. The van der Waals surface area contributed by atoms with Crippen molar-refractivity contribution in [2.24, 2.45) is 11.8 Å². The van der Waals surface area contributed by atoms with Gasteiger partial charge in [-0.05, 0) is 39.5 Å². The van der Waals surface area contributed by atoms with Crippen molar-refractivity contribution in [1.82, 2.24) is 5.32 Å². The molecule has 5 heteroatoms. The van der Waals surface area contributed by atoms with E-state index < -0.39 is 3.78 Å². The van der Waals surface area contributed by atoms with Gasteiger partial charge in [0.05, 0.1) is 18.3 Å². The Balaban J connectivity index is 1.77. The van der Waals surface area contributed by atoms with E-state index in [2.05, 4.69) is 28.2 Å². The molecule has 20 heavy (non-hydrogen) atoms. The van der Waals surface area contributed by atoms with E-state index in [4.69, 9.17) is 21.1 Å². The summed E-state index contributed by atoms with van der Waals surface area (Å²) in [7, 11) is 1.83. The number of hydrogen-bond donors (Lipinski definition) is 1. The second kappa shape index (κ2) is 5.69. The highest BCUT2D eigenvalue weighted by molar-refractivity contribution is 9.10. The molecule has 0 spiro atoms. The van der Waals surface area contributed by atoms with E-state index in [1.165, 1.54) is 6.42 Å². The molecule has 2 saturated heterocycles. The largest absolute Gasteiger partial charge is 0.381 e. The third kappa shape index (κ3) is 2.79. The minimum absolute atomic E-state index is 0.0880. The number of fused-ring (bicyclic) bond motifs is 3. The van der Waals surface area contributed by atoms with Gasteiger partial charge in [-0.1, -0.05) is 15.9 Å². The summed E-state index contributed by atoms with van der Waals surface area (Å²) in [5, 5.41) is 3.81. The summed E-state index contributed by atoms with van der Waals surface area (Å²) in [6, 6.07) is 1.09. The van der Waals surface area contributed by atoms with Gasteiger partial charge in [0.15, 0.2) is 0 Å². The Labute approximate surface area is 135 Å². The van der Waals surface area contributed by atoms with Gasteiger partial charge in [-0.25, -0.2) is 0 Å². The summed E-state index contributed by atoms with van der Waals surface area (Å²) in [6.45, 7) is 4.28. The molecule has 1 N–H and O–H groups in total. The van der Waals surface area contributed by atoms with E-state index in [-0.39, 0.29) is 6.10 Å². The molecule has 0 radical (unpaired) electrons. The van der Waals surface area contributed by atoms with Crippen molar-refractivity contribution < 1.29 is 9.47 Å². The number of methoxy groups -OCH3 is 1. The second-order valence-corrected chi connectivity index (χ2v) is 9.73. The van der Waals surface area contributed by atoms with Gasteiger partial charge in [0, 0.05) is 31.0 Å². The van der Waals surface area contributed by atoms with Crippen LogP contribution in [0.1, 0.15) is 39.5 Å². The molecule has 0 amide bonds. The number of hydrogen-bond acceptors (Lipinski definition) is 3. The van der Waals surface area contributed by atoms with Crippen molar-refractivity contribution >= 4 is 27.5 Å². The van der Waals surface area contributed by atoms with Gasteiger partial charge in [0.1, 0.15) is 3.78 Å². The molecule has 3 fully saturated rings. The highest BCUT2D eigenvalue weighted by Gasteiger charge is 2.53. The maximum atomic E-state index is 6.43. The smallest absolute Gasteiger partial charge is 0.122 e. The predicted octanol–water partition coefficient (Wildman–Crippen LogP) is 3.29. The standard InChI is InChI=1S/C15H25BrClNO2/c1-8-10-7-13(15(2,16)17)20-14(10)11-6-9(19-3)4-5-12(11)18-8/h8-14,18H,4-7H2,1-3H3/t8?,9?,10?,11?,12?,13-,14?,15+/m0/s1. The van der Waals surface area contributed by atoms with Crippen LogP contribution in [0.5, 0.6) is 0 Å². The molecule has 0 bridgehead atoms. The van der Waals surface area contributed by atoms with Crippen LogP contribution in [0.4, 0.5) is 0 Å². The maximum Gasteiger partial charge on any atom is 0.122 e. The zero-order valence-electron chi connectivity index (χ0n) is 12.4. The molecule has 1 aliphatic carbocycles. The van der Waals surface area contributed by atoms with Crippen molar-refractivity contribution in [3.05, 3.63) is 0 Å². The van der Waals surface area contributed by atoms with Crippen LogP contribution in [0.2, 0.25) is 0 Å². The van der Waals surface area contributed by atoms with E-state index in [9.17, 15) is 0 Å². The Bertz CT molecular complexity index is 362. The fourth-order valence-corrected chi connectivity index (χ4v) is 4.81. The molecule has 3 nitrogen and oxygen atoms in total. The first-order valence-corrected chi connectivity index (χ1v) is 8.89. The molecule has 6 unspecified atom stereocenters. The van der Waals surface area contributed by atoms with Crippen molar-refractivity contribution in [1.29, 1.82) is 0 Å². The van der Waals surface area contributed by atoms with Crippen LogP contribution >= 0.6 is 27.5 Å². The SMILES string of the molecule is COC1CCC2NC(C)C3C[C@@H]([C@@](C)(Cl)Br)OC3C2C1. The quantitative estimate of drug-likeness (QED) is 0.761. The Kier molecular flexibility index (Phi) is 4.42. The average Bonchev–Trinajstić information content (AvgIpc) is 2.84. The monoisotopic (exact) mass is 365 g/mol. The highest BCUT2D eigenvalue weighted by atomic mass is 79.9. The minimum atomic E-state index is -0.463. The molecule has 116 valence electrons. The van der Waals surface area contributed by atoms with Gasteiger partial charge >= 0.3 is 0 Å². The first kappa shape index (κ1) is 15.5. The Morgan fingerprint density at radius 1 is 1.30 bits per heavy atom. The molecule has 2 aliphatic heterocycles. The van der Waals surface area contributed by atoms with Crippen molar-refractivity contribution in [3.63, 3.8) is 0 Å². The van der Waals surface area contributed by atoms with Crippen molar-refractivity contribution in [2.75, 3.05) is 7.11 Å². The molecular formula is C15H25BrClNO2. The molecule has 3 rings (SSSR count). The summed E-state index contributed by atoms with van der Waals surface area (Å²) in [6.07, 6.45) is 5.29. The number of ether oxygens (including phenoxy) is 2. The van der Waals surface area contributed by atoms with Gasteiger partial charge in [0.25, 0.3) is 0 Å². The normalized spacial score (nSPS) is 51.1. The van der Waals surface area contributed by atoms with E-state index in [1.807, 2.05) is 14.0 Å². The molecular weight excluding hydrogens is 342 g/mol. The zero-order valence-corrected chi connectivity index (χ0v) is 14.8. The average molecular weight is 367 g/mol. The topological polar surface area (TPSA) is 30.5 Å². The highest BCUT2D eigenvalue weighted by Crippen LogP contribution is 2.48. The van der Waals surface area contributed by atoms with Gasteiger partial charge < -0.3 is 14.8 Å². The maximum absolute atomic E-state index is 6.43. The van der Waals surface area contributed by atoms with Crippen LogP contribution in [0.15, 0.2) is 0 Å². The van der Waals surface area contributed by atoms with Gasteiger partial charge in [0.2, 0.25) is 0 Å². The molecule has 8 atom stereocenters. The van der Waals surface area contributed by atoms with Gasteiger partial charge in [-0.2, -0.15) is 0 Å². The Morgan fingerprint density at radius 3 is 2.70 bits per heavy atom. The number of halogens is 2. The fraction of sp³-hybridized carbons (Fsp3) is 1.00. The second-order valence-electron chi connectivity index (χ2n) is 6.84. The molecule has 0 aromatic rings. The number of piperidine rings is 1. The summed E-state index contributed by atoms with van der Waals surface area (Å²) in [5.41, 5.74) is 0. The third-order valence-corrected chi connectivity index (χ3v) is 6.28.